The molecule has 0 atom stereocenters. The highest BCUT2D eigenvalue weighted by molar-refractivity contribution is 7.80. The van der Waals surface area contributed by atoms with Crippen LogP contribution in [-0.4, -0.2) is 21.1 Å². The monoisotopic (exact) mass is 339 g/mol. The van der Waals surface area contributed by atoms with Crippen LogP contribution in [0.25, 0.3) is 16.9 Å². The van der Waals surface area contributed by atoms with E-state index < -0.39 is 0 Å². The van der Waals surface area contributed by atoms with Crippen LogP contribution < -0.4 is 10.3 Å². The van der Waals surface area contributed by atoms with E-state index in [0.717, 1.165) is 27.5 Å². The van der Waals surface area contributed by atoms with Crippen LogP contribution in [0.5, 0.6) is 5.75 Å². The van der Waals surface area contributed by atoms with E-state index in [0.29, 0.717) is 35.5 Å². The van der Waals surface area contributed by atoms with Crippen LogP contribution in [0.2, 0.25) is 0 Å². The predicted molar refractivity (Wildman–Crippen MR) is 95.8 cm³/mol. The largest absolute Gasteiger partial charge is 0.490 e. The van der Waals surface area contributed by atoms with Gasteiger partial charge in [0.1, 0.15) is 5.52 Å². The summed E-state index contributed by atoms with van der Waals surface area (Å²) in [5, 5.41) is 0. The molecule has 0 saturated heterocycles. The van der Waals surface area contributed by atoms with Crippen LogP contribution in [0.3, 0.4) is 0 Å². The summed E-state index contributed by atoms with van der Waals surface area (Å²) in [6, 6.07) is 5.77. The molecule has 3 heterocycles. The molecule has 24 heavy (non-hydrogen) atoms. The first kappa shape index (κ1) is 15.2. The van der Waals surface area contributed by atoms with E-state index in [9.17, 15) is 4.79 Å². The third kappa shape index (κ3) is 2.06. The van der Waals surface area contributed by atoms with Gasteiger partial charge in [0.05, 0.1) is 29.2 Å². The zero-order valence-corrected chi connectivity index (χ0v) is 14.6. The summed E-state index contributed by atoms with van der Waals surface area (Å²) >= 11 is 4.61. The normalized spacial score (nSPS) is 13.2. The van der Waals surface area contributed by atoms with Crippen molar-refractivity contribution in [2.45, 2.75) is 32.1 Å². The Kier molecular flexibility index (Phi) is 3.38. The Morgan fingerprint density at radius 3 is 2.71 bits per heavy atom. The second-order valence-corrected chi connectivity index (χ2v) is 6.50. The molecule has 3 aromatic rings. The van der Waals surface area contributed by atoms with E-state index >= 15 is 0 Å². The van der Waals surface area contributed by atoms with Crippen molar-refractivity contribution < 1.29 is 4.74 Å². The minimum absolute atomic E-state index is 0.103. The Hall–Kier alpha value is -2.34. The molecule has 5 nitrogen and oxygen atoms in total. The van der Waals surface area contributed by atoms with Crippen molar-refractivity contribution in [3.05, 3.63) is 51.1 Å². The zero-order valence-electron chi connectivity index (χ0n) is 13.8. The minimum atomic E-state index is -0.103. The Morgan fingerprint density at radius 1 is 1.17 bits per heavy atom. The number of thiol groups is 1. The molecule has 0 bridgehead atoms. The van der Waals surface area contributed by atoms with Gasteiger partial charge in [-0.1, -0.05) is 12.1 Å². The maximum atomic E-state index is 13.1. The average Bonchev–Trinajstić information content (AvgIpc) is 3.04. The lowest BCUT2D eigenvalue weighted by Crippen LogP contribution is -2.24. The number of hydrogen-bond acceptors (Lipinski definition) is 5. The van der Waals surface area contributed by atoms with E-state index in [1.165, 1.54) is 0 Å². The van der Waals surface area contributed by atoms with Crippen LogP contribution >= 0.6 is 12.6 Å². The fraction of sp³-hybridized carbons (Fsp3) is 0.278. The van der Waals surface area contributed by atoms with Crippen molar-refractivity contribution in [3.63, 3.8) is 0 Å². The van der Waals surface area contributed by atoms with Gasteiger partial charge in [0.2, 0.25) is 0 Å². The van der Waals surface area contributed by atoms with Gasteiger partial charge in [-0.2, -0.15) is 0 Å². The number of hydrogen-bond donors (Lipinski definition) is 1. The molecule has 2 aromatic heterocycles. The lowest BCUT2D eigenvalue weighted by Gasteiger charge is -2.15. The number of nitrogens with zero attached hydrogens (tertiary/aromatic N) is 3. The first-order valence-electron chi connectivity index (χ1n) is 7.83. The first-order valence-corrected chi connectivity index (χ1v) is 8.28. The van der Waals surface area contributed by atoms with Gasteiger partial charge in [-0.15, -0.1) is 12.6 Å². The molecular formula is C18H17N3O2S. The van der Waals surface area contributed by atoms with Gasteiger partial charge in [-0.3, -0.25) is 9.36 Å². The van der Waals surface area contributed by atoms with Crippen LogP contribution in [0.15, 0.2) is 27.9 Å². The number of benzene rings is 1. The summed E-state index contributed by atoms with van der Waals surface area (Å²) in [4.78, 5) is 23.2. The van der Waals surface area contributed by atoms with Crippen LogP contribution in [-0.2, 0) is 6.42 Å². The van der Waals surface area contributed by atoms with Crippen molar-refractivity contribution in [2.24, 2.45) is 0 Å². The molecule has 0 aliphatic carbocycles. The third-order valence-corrected chi connectivity index (χ3v) is 5.09. The van der Waals surface area contributed by atoms with E-state index in [4.69, 9.17) is 4.74 Å². The predicted octanol–water partition coefficient (Wildman–Crippen LogP) is 2.93. The quantitative estimate of drug-likeness (QED) is 0.693. The van der Waals surface area contributed by atoms with Crippen LogP contribution in [0.1, 0.15) is 22.5 Å². The number of aryl methyl sites for hydroxylation is 3. The van der Waals surface area contributed by atoms with Crippen molar-refractivity contribution in [3.8, 4) is 11.4 Å². The molecule has 0 fully saturated rings. The first-order chi connectivity index (χ1) is 11.5. The van der Waals surface area contributed by atoms with Gasteiger partial charge in [-0.05, 0) is 32.4 Å². The summed E-state index contributed by atoms with van der Waals surface area (Å²) in [5.41, 5.74) is 5.07. The molecule has 0 spiro atoms. The van der Waals surface area contributed by atoms with Gasteiger partial charge < -0.3 is 4.74 Å². The third-order valence-electron chi connectivity index (χ3n) is 4.51. The van der Waals surface area contributed by atoms with E-state index in [1.807, 2.05) is 39.0 Å². The second kappa shape index (κ2) is 5.34. The lowest BCUT2D eigenvalue weighted by atomic mass is 10.1. The van der Waals surface area contributed by atoms with E-state index in [2.05, 4.69) is 22.6 Å². The molecular weight excluding hydrogens is 322 g/mol. The number of ether oxygens (including phenoxy) is 1. The Morgan fingerprint density at radius 2 is 1.92 bits per heavy atom. The lowest BCUT2D eigenvalue weighted by molar-refractivity contribution is 0.359. The molecule has 4 rings (SSSR count). The van der Waals surface area contributed by atoms with Gasteiger partial charge in [0.25, 0.3) is 5.56 Å². The van der Waals surface area contributed by atoms with Crippen molar-refractivity contribution in [1.29, 1.82) is 0 Å². The zero-order chi connectivity index (χ0) is 17.0. The smallest absolute Gasteiger partial charge is 0.264 e. The van der Waals surface area contributed by atoms with E-state index in [1.54, 1.807) is 4.57 Å². The highest BCUT2D eigenvalue weighted by atomic mass is 32.1. The maximum Gasteiger partial charge on any atom is 0.264 e. The summed E-state index contributed by atoms with van der Waals surface area (Å²) in [6.07, 6.45) is 0.590. The average molecular weight is 339 g/mol. The van der Waals surface area contributed by atoms with Gasteiger partial charge in [0, 0.05) is 11.3 Å². The van der Waals surface area contributed by atoms with Gasteiger partial charge >= 0.3 is 0 Å². The summed E-state index contributed by atoms with van der Waals surface area (Å²) < 4.78 is 7.32. The van der Waals surface area contributed by atoms with Crippen LogP contribution in [0.4, 0.5) is 0 Å². The number of fused-ring (bicyclic) bond motifs is 3. The fourth-order valence-electron chi connectivity index (χ4n) is 3.05. The fourth-order valence-corrected chi connectivity index (χ4v) is 3.30. The molecule has 0 unspecified atom stereocenters. The highest BCUT2D eigenvalue weighted by Crippen LogP contribution is 2.32. The molecule has 1 aromatic carbocycles. The number of aromatic nitrogens is 3. The molecule has 1 aliphatic heterocycles. The summed E-state index contributed by atoms with van der Waals surface area (Å²) in [7, 11) is 0. The highest BCUT2D eigenvalue weighted by Gasteiger charge is 2.26. The van der Waals surface area contributed by atoms with Crippen molar-refractivity contribution in [1.82, 2.24) is 14.5 Å². The molecule has 0 saturated carbocycles. The Labute approximate surface area is 144 Å². The molecule has 0 N–H and O–H groups in total. The maximum absolute atomic E-state index is 13.1. The molecule has 0 radical (unpaired) electrons. The molecule has 122 valence electrons. The Balaban J connectivity index is 2.22. The molecule has 1 aliphatic rings. The number of rotatable bonds is 1. The van der Waals surface area contributed by atoms with Gasteiger partial charge in [0.15, 0.2) is 11.4 Å². The summed E-state index contributed by atoms with van der Waals surface area (Å²) in [5.74, 6) is 0.579. The Bertz CT molecular complexity index is 1060. The second-order valence-electron chi connectivity index (χ2n) is 6.06. The van der Waals surface area contributed by atoms with Gasteiger partial charge in [-0.25, -0.2) is 9.97 Å². The number of pyridine rings is 1. The SMILES string of the molecule is Cc1cccc(-n2c(=O)c3c(c4nc(C)c(C)nc42)OCC3)c1S. The molecule has 0 amide bonds. The standard InChI is InChI=1S/C18H17N3O2S/c1-9-5-4-6-13(16(9)24)21-17-14(19-10(2)11(3)20-17)15-12(18(21)22)7-8-23-15/h4-6,24H,7-8H2,1-3H3. The topological polar surface area (TPSA) is 57.0 Å². The van der Waals surface area contributed by atoms with Crippen molar-refractivity contribution in [2.75, 3.05) is 6.61 Å². The van der Waals surface area contributed by atoms with E-state index in [-0.39, 0.29) is 5.56 Å². The van der Waals surface area contributed by atoms with Crippen LogP contribution in [0, 0.1) is 20.8 Å². The minimum Gasteiger partial charge on any atom is -0.490 e. The summed E-state index contributed by atoms with van der Waals surface area (Å²) in [6.45, 7) is 6.27. The van der Waals surface area contributed by atoms with Crippen molar-refractivity contribution >= 4 is 23.8 Å². The molecule has 6 heteroatoms.